The van der Waals surface area contributed by atoms with Crippen LogP contribution in [0.25, 0.3) is 11.4 Å². The van der Waals surface area contributed by atoms with Crippen LogP contribution in [0, 0.1) is 0 Å². The third-order valence-corrected chi connectivity index (χ3v) is 3.79. The molecule has 3 N–H and O–H groups in total. The van der Waals surface area contributed by atoms with E-state index in [1.807, 2.05) is 31.2 Å². The number of carbonyl (C=O) groups is 1. The number of hydrogen-bond acceptors (Lipinski definition) is 4. The zero-order chi connectivity index (χ0) is 15.5. The van der Waals surface area contributed by atoms with Gasteiger partial charge in [0.2, 0.25) is 5.91 Å². The van der Waals surface area contributed by atoms with Crippen molar-refractivity contribution in [2.45, 2.75) is 45.2 Å². The second-order valence-electron chi connectivity index (χ2n) is 5.86. The number of nitrogens with two attached hydrogens (primary N) is 1. The van der Waals surface area contributed by atoms with Gasteiger partial charge < -0.3 is 15.6 Å². The van der Waals surface area contributed by atoms with Crippen LogP contribution in [-0.2, 0) is 17.8 Å². The summed E-state index contributed by atoms with van der Waals surface area (Å²) in [5.74, 6) is 1.90. The zero-order valence-corrected chi connectivity index (χ0v) is 12.7. The van der Waals surface area contributed by atoms with E-state index in [4.69, 9.17) is 5.73 Å². The van der Waals surface area contributed by atoms with E-state index in [9.17, 15) is 4.79 Å². The Hall–Kier alpha value is -2.21. The molecule has 1 aromatic carbocycles. The lowest BCUT2D eigenvalue weighted by Gasteiger charge is -2.14. The molecule has 0 saturated carbocycles. The molecular weight excluding hydrogens is 278 g/mol. The zero-order valence-electron chi connectivity index (χ0n) is 12.7. The van der Waals surface area contributed by atoms with Crippen molar-refractivity contribution >= 4 is 11.6 Å². The van der Waals surface area contributed by atoms with Crippen molar-refractivity contribution in [3.05, 3.63) is 30.1 Å². The summed E-state index contributed by atoms with van der Waals surface area (Å²) in [5, 5.41) is 11.4. The monoisotopic (exact) mass is 299 g/mol. The highest BCUT2D eigenvalue weighted by Crippen LogP contribution is 2.24. The highest BCUT2D eigenvalue weighted by Gasteiger charge is 2.16. The van der Waals surface area contributed by atoms with Crippen LogP contribution in [0.4, 0.5) is 5.69 Å². The largest absolute Gasteiger partial charge is 0.327 e. The van der Waals surface area contributed by atoms with Crippen molar-refractivity contribution in [3.8, 4) is 11.4 Å². The van der Waals surface area contributed by atoms with Gasteiger partial charge in [0.15, 0.2) is 5.82 Å². The van der Waals surface area contributed by atoms with Crippen LogP contribution in [0.2, 0.25) is 0 Å². The van der Waals surface area contributed by atoms with E-state index in [2.05, 4.69) is 20.1 Å². The standard InChI is InChI=1S/C16H21N5O/c1-11(17)10-15(22)18-13-7-5-12(6-8-13)16-20-19-14-4-2-3-9-21(14)16/h5-8,11H,2-4,9-10,17H2,1H3,(H,18,22). The van der Waals surface area contributed by atoms with Crippen LogP contribution < -0.4 is 11.1 Å². The second kappa shape index (κ2) is 6.27. The van der Waals surface area contributed by atoms with E-state index in [-0.39, 0.29) is 11.9 Å². The SMILES string of the molecule is CC(N)CC(=O)Nc1ccc(-c2nnc3n2CCCC3)cc1. The van der Waals surface area contributed by atoms with Gasteiger partial charge in [-0.05, 0) is 44.0 Å². The van der Waals surface area contributed by atoms with Gasteiger partial charge in [0.1, 0.15) is 5.82 Å². The average Bonchev–Trinajstić information content (AvgIpc) is 2.91. The van der Waals surface area contributed by atoms with Gasteiger partial charge in [0, 0.05) is 36.7 Å². The number of nitrogens with one attached hydrogen (secondary N) is 1. The molecule has 0 saturated heterocycles. The molecule has 1 aliphatic heterocycles. The van der Waals surface area contributed by atoms with Gasteiger partial charge >= 0.3 is 0 Å². The summed E-state index contributed by atoms with van der Waals surface area (Å²) < 4.78 is 2.19. The number of benzene rings is 1. The fraction of sp³-hybridized carbons (Fsp3) is 0.438. The van der Waals surface area contributed by atoms with E-state index in [1.54, 1.807) is 0 Å². The molecule has 0 radical (unpaired) electrons. The third kappa shape index (κ3) is 3.17. The predicted octanol–water partition coefficient (Wildman–Crippen LogP) is 1.96. The van der Waals surface area contributed by atoms with Gasteiger partial charge in [-0.2, -0.15) is 0 Å². The molecule has 6 heteroatoms. The lowest BCUT2D eigenvalue weighted by atomic mass is 10.1. The van der Waals surface area contributed by atoms with Gasteiger partial charge in [-0.25, -0.2) is 0 Å². The van der Waals surface area contributed by atoms with Crippen LogP contribution >= 0.6 is 0 Å². The van der Waals surface area contributed by atoms with Crippen molar-refractivity contribution < 1.29 is 4.79 Å². The van der Waals surface area contributed by atoms with Gasteiger partial charge in [-0.15, -0.1) is 10.2 Å². The Morgan fingerprint density at radius 3 is 2.82 bits per heavy atom. The summed E-state index contributed by atoms with van der Waals surface area (Å²) in [6.45, 7) is 2.79. The molecule has 2 aromatic rings. The predicted molar refractivity (Wildman–Crippen MR) is 85.3 cm³/mol. The normalized spacial score (nSPS) is 15.2. The summed E-state index contributed by atoms with van der Waals surface area (Å²) in [5.41, 5.74) is 7.41. The molecule has 0 fully saturated rings. The summed E-state index contributed by atoms with van der Waals surface area (Å²) in [6.07, 6.45) is 3.67. The Labute approximate surface area is 129 Å². The maximum atomic E-state index is 11.7. The fourth-order valence-electron chi connectivity index (χ4n) is 2.73. The van der Waals surface area contributed by atoms with Crippen molar-refractivity contribution in [2.75, 3.05) is 5.32 Å². The summed E-state index contributed by atoms with van der Waals surface area (Å²) in [4.78, 5) is 11.7. The molecular formula is C16H21N5O. The molecule has 2 heterocycles. The van der Waals surface area contributed by atoms with E-state index in [0.717, 1.165) is 35.9 Å². The van der Waals surface area contributed by atoms with Crippen LogP contribution in [0.15, 0.2) is 24.3 Å². The molecule has 22 heavy (non-hydrogen) atoms. The molecule has 3 rings (SSSR count). The molecule has 1 amide bonds. The van der Waals surface area contributed by atoms with Crippen molar-refractivity contribution in [2.24, 2.45) is 5.73 Å². The number of hydrogen-bond donors (Lipinski definition) is 2. The van der Waals surface area contributed by atoms with Gasteiger partial charge in [0.05, 0.1) is 0 Å². The Morgan fingerprint density at radius 2 is 2.09 bits per heavy atom. The number of carbonyl (C=O) groups excluding carboxylic acids is 1. The first kappa shape index (κ1) is 14.7. The molecule has 6 nitrogen and oxygen atoms in total. The smallest absolute Gasteiger partial charge is 0.225 e. The Kier molecular flexibility index (Phi) is 4.20. The molecule has 1 unspecified atom stereocenters. The quantitative estimate of drug-likeness (QED) is 0.903. The van der Waals surface area contributed by atoms with Crippen molar-refractivity contribution in [1.82, 2.24) is 14.8 Å². The molecule has 0 aliphatic carbocycles. The highest BCUT2D eigenvalue weighted by molar-refractivity contribution is 5.91. The maximum Gasteiger partial charge on any atom is 0.225 e. The first-order chi connectivity index (χ1) is 10.6. The third-order valence-electron chi connectivity index (χ3n) is 3.79. The van der Waals surface area contributed by atoms with Gasteiger partial charge in [-0.3, -0.25) is 4.79 Å². The number of amides is 1. The van der Waals surface area contributed by atoms with Crippen LogP contribution in [0.3, 0.4) is 0 Å². The van der Waals surface area contributed by atoms with E-state index < -0.39 is 0 Å². The average molecular weight is 299 g/mol. The maximum absolute atomic E-state index is 11.7. The molecule has 1 atom stereocenters. The Bertz CT molecular complexity index is 660. The van der Waals surface area contributed by atoms with Crippen molar-refractivity contribution in [1.29, 1.82) is 0 Å². The van der Waals surface area contributed by atoms with E-state index in [0.29, 0.717) is 6.42 Å². The molecule has 116 valence electrons. The Morgan fingerprint density at radius 1 is 1.32 bits per heavy atom. The molecule has 0 bridgehead atoms. The lowest BCUT2D eigenvalue weighted by molar-refractivity contribution is -0.116. The minimum Gasteiger partial charge on any atom is -0.327 e. The first-order valence-electron chi connectivity index (χ1n) is 7.71. The highest BCUT2D eigenvalue weighted by atomic mass is 16.1. The number of fused-ring (bicyclic) bond motifs is 1. The fourth-order valence-corrected chi connectivity index (χ4v) is 2.73. The molecule has 1 aliphatic rings. The van der Waals surface area contributed by atoms with Gasteiger partial charge in [0.25, 0.3) is 0 Å². The number of anilines is 1. The van der Waals surface area contributed by atoms with Gasteiger partial charge in [-0.1, -0.05) is 0 Å². The number of aryl methyl sites for hydroxylation is 1. The first-order valence-corrected chi connectivity index (χ1v) is 7.71. The minimum absolute atomic E-state index is 0.0670. The van der Waals surface area contributed by atoms with E-state index >= 15 is 0 Å². The van der Waals surface area contributed by atoms with Crippen molar-refractivity contribution in [3.63, 3.8) is 0 Å². The Balaban J connectivity index is 1.74. The van der Waals surface area contributed by atoms with Crippen LogP contribution in [0.5, 0.6) is 0 Å². The summed E-state index contributed by atoms with van der Waals surface area (Å²) in [7, 11) is 0. The molecule has 1 aromatic heterocycles. The summed E-state index contributed by atoms with van der Waals surface area (Å²) >= 11 is 0. The van der Waals surface area contributed by atoms with Crippen LogP contribution in [-0.4, -0.2) is 26.7 Å². The topological polar surface area (TPSA) is 85.8 Å². The summed E-state index contributed by atoms with van der Waals surface area (Å²) in [6, 6.07) is 7.57. The number of aromatic nitrogens is 3. The number of nitrogens with zero attached hydrogens (tertiary/aromatic N) is 3. The number of rotatable bonds is 4. The second-order valence-corrected chi connectivity index (χ2v) is 5.86. The minimum atomic E-state index is -0.137. The lowest BCUT2D eigenvalue weighted by Crippen LogP contribution is -2.23. The van der Waals surface area contributed by atoms with Crippen LogP contribution in [0.1, 0.15) is 32.0 Å². The van der Waals surface area contributed by atoms with E-state index in [1.165, 1.54) is 12.8 Å². The molecule has 0 spiro atoms.